The molecule has 2 rings (SSSR count). The highest BCUT2D eigenvalue weighted by molar-refractivity contribution is 6.31. The van der Waals surface area contributed by atoms with Crippen molar-refractivity contribution in [2.24, 2.45) is 0 Å². The van der Waals surface area contributed by atoms with Crippen molar-refractivity contribution in [3.8, 4) is 5.75 Å². The zero-order chi connectivity index (χ0) is 13.7. The highest BCUT2D eigenvalue weighted by Crippen LogP contribution is 2.27. The van der Waals surface area contributed by atoms with E-state index in [-0.39, 0.29) is 5.95 Å². The summed E-state index contributed by atoms with van der Waals surface area (Å²) in [7, 11) is 1.50. The van der Waals surface area contributed by atoms with Gasteiger partial charge in [-0.3, -0.25) is 5.32 Å². The molecular weight excluding hydrogens is 270 g/mol. The average Bonchev–Trinajstić information content (AvgIpc) is 2.40. The summed E-state index contributed by atoms with van der Waals surface area (Å²) in [4.78, 5) is 22.9. The monoisotopic (exact) mass is 279 g/mol. The molecule has 0 aliphatic carbocycles. The maximum absolute atomic E-state index is 11.7. The van der Waals surface area contributed by atoms with Crippen LogP contribution in [0.2, 0.25) is 5.02 Å². The molecule has 0 aliphatic rings. The van der Waals surface area contributed by atoms with Crippen molar-refractivity contribution < 1.29 is 9.53 Å². The first-order valence-electron chi connectivity index (χ1n) is 5.22. The largest absolute Gasteiger partial charge is 0.495 e. The number of urea groups is 1. The first-order chi connectivity index (χ1) is 9.19. The minimum atomic E-state index is -0.508. The van der Waals surface area contributed by atoms with E-state index in [2.05, 4.69) is 25.6 Å². The number of carbonyl (C=O) groups excluding carboxylic acids is 1. The molecule has 0 saturated carbocycles. The molecule has 0 bridgehead atoms. The van der Waals surface area contributed by atoms with Crippen molar-refractivity contribution >= 4 is 29.3 Å². The lowest BCUT2D eigenvalue weighted by Crippen LogP contribution is -2.21. The summed E-state index contributed by atoms with van der Waals surface area (Å²) < 4.78 is 5.11. The Morgan fingerprint density at radius 2 is 2.00 bits per heavy atom. The molecule has 0 unspecified atom stereocenters. The van der Waals surface area contributed by atoms with Crippen LogP contribution >= 0.6 is 11.6 Å². The van der Waals surface area contributed by atoms with Crippen molar-refractivity contribution in [2.45, 2.75) is 0 Å². The van der Waals surface area contributed by atoms with E-state index in [4.69, 9.17) is 16.3 Å². The Morgan fingerprint density at radius 1 is 1.26 bits per heavy atom. The standard InChI is InChI=1S/C11H10ClN5O2/c1-19-9-3-2-7(12)4-8(9)16-11(18)17-10-14-5-13-6-15-10/h2-6H,1H3,(H2,13,14,15,16,17,18). The van der Waals surface area contributed by atoms with Gasteiger partial charge in [0.25, 0.3) is 0 Å². The van der Waals surface area contributed by atoms with E-state index >= 15 is 0 Å². The third kappa shape index (κ3) is 3.52. The van der Waals surface area contributed by atoms with Gasteiger partial charge in [0.1, 0.15) is 18.4 Å². The van der Waals surface area contributed by atoms with Gasteiger partial charge in [0.05, 0.1) is 12.8 Å². The second-order valence-electron chi connectivity index (χ2n) is 3.39. The number of methoxy groups -OCH3 is 1. The van der Waals surface area contributed by atoms with Crippen molar-refractivity contribution in [1.82, 2.24) is 15.0 Å². The molecule has 1 aromatic heterocycles. The Morgan fingerprint density at radius 3 is 2.68 bits per heavy atom. The van der Waals surface area contributed by atoms with Gasteiger partial charge in [0, 0.05) is 5.02 Å². The number of nitrogens with zero attached hydrogens (tertiary/aromatic N) is 3. The number of anilines is 2. The number of aromatic nitrogens is 3. The van der Waals surface area contributed by atoms with Crippen LogP contribution in [0.5, 0.6) is 5.75 Å². The van der Waals surface area contributed by atoms with E-state index in [0.29, 0.717) is 16.5 Å². The number of hydrogen-bond acceptors (Lipinski definition) is 5. The number of nitrogens with one attached hydrogen (secondary N) is 2. The van der Waals surface area contributed by atoms with Gasteiger partial charge in [-0.1, -0.05) is 11.6 Å². The number of rotatable bonds is 3. The van der Waals surface area contributed by atoms with Crippen LogP contribution in [0.3, 0.4) is 0 Å². The van der Waals surface area contributed by atoms with Crippen LogP contribution in [0.4, 0.5) is 16.4 Å². The van der Waals surface area contributed by atoms with Gasteiger partial charge in [0.2, 0.25) is 5.95 Å². The molecule has 0 aliphatic heterocycles. The van der Waals surface area contributed by atoms with Crippen molar-refractivity contribution in [1.29, 1.82) is 0 Å². The molecule has 0 fully saturated rings. The Kier molecular flexibility index (Phi) is 4.09. The van der Waals surface area contributed by atoms with Crippen LogP contribution in [0.15, 0.2) is 30.9 Å². The van der Waals surface area contributed by atoms with Gasteiger partial charge in [-0.05, 0) is 18.2 Å². The lowest BCUT2D eigenvalue weighted by atomic mass is 10.3. The highest BCUT2D eigenvalue weighted by Gasteiger charge is 2.09. The second kappa shape index (κ2) is 5.96. The van der Waals surface area contributed by atoms with Gasteiger partial charge < -0.3 is 10.1 Å². The minimum absolute atomic E-state index is 0.147. The van der Waals surface area contributed by atoms with E-state index in [9.17, 15) is 4.79 Å². The van der Waals surface area contributed by atoms with Gasteiger partial charge in [-0.25, -0.2) is 19.7 Å². The van der Waals surface area contributed by atoms with E-state index in [0.717, 1.165) is 0 Å². The van der Waals surface area contributed by atoms with Crippen LogP contribution < -0.4 is 15.4 Å². The summed E-state index contributed by atoms with van der Waals surface area (Å²) in [5.74, 6) is 0.642. The molecule has 19 heavy (non-hydrogen) atoms. The number of ether oxygens (including phenoxy) is 1. The van der Waals surface area contributed by atoms with Gasteiger partial charge in [-0.2, -0.15) is 0 Å². The molecule has 1 heterocycles. The molecule has 2 N–H and O–H groups in total. The summed E-state index contributed by atoms with van der Waals surface area (Å²) in [6, 6.07) is 4.38. The molecule has 0 spiro atoms. The molecule has 0 atom stereocenters. The van der Waals surface area contributed by atoms with E-state index in [1.165, 1.54) is 19.8 Å². The minimum Gasteiger partial charge on any atom is -0.495 e. The molecule has 0 radical (unpaired) electrons. The quantitative estimate of drug-likeness (QED) is 0.899. The van der Waals surface area contributed by atoms with E-state index in [1.807, 2.05) is 0 Å². The summed E-state index contributed by atoms with van der Waals surface area (Å²) >= 11 is 5.86. The molecular formula is C11H10ClN5O2. The number of halogens is 1. The van der Waals surface area contributed by atoms with Crippen LogP contribution in [0.1, 0.15) is 0 Å². The first-order valence-corrected chi connectivity index (χ1v) is 5.60. The Bertz CT molecular complexity index is 579. The third-order valence-electron chi connectivity index (χ3n) is 2.13. The molecule has 2 aromatic rings. The number of carbonyl (C=O) groups is 1. The second-order valence-corrected chi connectivity index (χ2v) is 3.82. The van der Waals surface area contributed by atoms with Gasteiger partial charge in [-0.15, -0.1) is 0 Å². The Balaban J connectivity index is 2.09. The van der Waals surface area contributed by atoms with Crippen LogP contribution in [-0.2, 0) is 0 Å². The van der Waals surface area contributed by atoms with Crippen molar-refractivity contribution in [3.63, 3.8) is 0 Å². The smallest absolute Gasteiger partial charge is 0.326 e. The maximum Gasteiger partial charge on any atom is 0.326 e. The summed E-state index contributed by atoms with van der Waals surface area (Å²) in [6.07, 6.45) is 2.56. The van der Waals surface area contributed by atoms with Crippen LogP contribution in [0.25, 0.3) is 0 Å². The average molecular weight is 280 g/mol. The molecule has 2 amide bonds. The number of amides is 2. The molecule has 8 heteroatoms. The summed E-state index contributed by atoms with van der Waals surface area (Å²) in [5.41, 5.74) is 0.446. The number of hydrogen-bond donors (Lipinski definition) is 2. The molecule has 7 nitrogen and oxygen atoms in total. The highest BCUT2D eigenvalue weighted by atomic mass is 35.5. The van der Waals surface area contributed by atoms with Crippen LogP contribution in [-0.4, -0.2) is 28.1 Å². The zero-order valence-electron chi connectivity index (χ0n) is 9.92. The van der Waals surface area contributed by atoms with Crippen molar-refractivity contribution in [3.05, 3.63) is 35.9 Å². The maximum atomic E-state index is 11.7. The topological polar surface area (TPSA) is 89.0 Å². The van der Waals surface area contributed by atoms with E-state index < -0.39 is 6.03 Å². The lowest BCUT2D eigenvalue weighted by Gasteiger charge is -2.10. The predicted molar refractivity (Wildman–Crippen MR) is 70.5 cm³/mol. The van der Waals surface area contributed by atoms with Gasteiger partial charge >= 0.3 is 6.03 Å². The molecule has 1 aromatic carbocycles. The van der Waals surface area contributed by atoms with E-state index in [1.54, 1.807) is 18.2 Å². The summed E-state index contributed by atoms with van der Waals surface area (Å²) in [5, 5.41) is 5.52. The fraction of sp³-hybridized carbons (Fsp3) is 0.0909. The molecule has 0 saturated heterocycles. The van der Waals surface area contributed by atoms with Crippen molar-refractivity contribution in [2.75, 3.05) is 17.7 Å². The fourth-order valence-corrected chi connectivity index (χ4v) is 1.51. The first kappa shape index (κ1) is 13.0. The fourth-order valence-electron chi connectivity index (χ4n) is 1.34. The third-order valence-corrected chi connectivity index (χ3v) is 2.36. The van der Waals surface area contributed by atoms with Crippen LogP contribution in [0, 0.1) is 0 Å². The lowest BCUT2D eigenvalue weighted by molar-refractivity contribution is 0.262. The normalized spacial score (nSPS) is 9.79. The SMILES string of the molecule is COc1ccc(Cl)cc1NC(=O)Nc1ncncn1. The summed E-state index contributed by atoms with van der Waals surface area (Å²) in [6.45, 7) is 0. The number of benzene rings is 1. The Labute approximate surface area is 114 Å². The predicted octanol–water partition coefficient (Wildman–Crippen LogP) is 2.18. The van der Waals surface area contributed by atoms with Gasteiger partial charge in [0.15, 0.2) is 0 Å². The molecule has 98 valence electrons. The zero-order valence-corrected chi connectivity index (χ0v) is 10.7. The Hall–Kier alpha value is -2.41.